The Morgan fingerprint density at radius 2 is 1.92 bits per heavy atom. The second kappa shape index (κ2) is 5.18. The zero-order chi connectivity index (χ0) is 9.61. The molecule has 0 saturated carbocycles. The van der Waals surface area contributed by atoms with Crippen molar-refractivity contribution >= 4 is 0 Å². The molecule has 0 aromatic rings. The van der Waals surface area contributed by atoms with Gasteiger partial charge >= 0.3 is 0 Å². The van der Waals surface area contributed by atoms with Gasteiger partial charge in [0.15, 0.2) is 0 Å². The molecule has 0 heteroatoms. The fourth-order valence-corrected chi connectivity index (χ4v) is 0.837. The molecule has 0 fully saturated rings. The molecule has 0 saturated heterocycles. The molecule has 0 aliphatic carbocycles. The topological polar surface area (TPSA) is 0 Å². The van der Waals surface area contributed by atoms with E-state index < -0.39 is 0 Å². The molecule has 0 nitrogen and oxygen atoms in total. The minimum absolute atomic E-state index is 0.268. The van der Waals surface area contributed by atoms with Gasteiger partial charge in [-0.05, 0) is 25.2 Å². The summed E-state index contributed by atoms with van der Waals surface area (Å²) in [6.07, 6.45) is 8.10. The van der Waals surface area contributed by atoms with E-state index in [-0.39, 0.29) is 5.41 Å². The Labute approximate surface area is 77.4 Å². The fraction of sp³-hybridized carbons (Fsp3) is 0.667. The van der Waals surface area contributed by atoms with Gasteiger partial charge in [-0.2, -0.15) is 0 Å². The maximum absolute atomic E-state index is 3.99. The molecule has 0 spiro atoms. The second-order valence-corrected chi connectivity index (χ2v) is 4.13. The van der Waals surface area contributed by atoms with Crippen molar-refractivity contribution in [2.75, 3.05) is 0 Å². The normalized spacial score (nSPS) is 12.3. The summed E-state index contributed by atoms with van der Waals surface area (Å²) in [6, 6.07) is 0. The van der Waals surface area contributed by atoms with Crippen LogP contribution < -0.4 is 0 Å². The summed E-state index contributed by atoms with van der Waals surface area (Å²) in [4.78, 5) is 0. The smallest absolute Gasteiger partial charge is 0.0116 e. The van der Waals surface area contributed by atoms with Crippen molar-refractivity contribution in [3.63, 3.8) is 0 Å². The SMILES string of the molecule is C=C(C)C(C)(C)CC=CCCC. The molecule has 12 heavy (non-hydrogen) atoms. The maximum atomic E-state index is 3.99. The summed E-state index contributed by atoms with van der Waals surface area (Å²) < 4.78 is 0. The van der Waals surface area contributed by atoms with Crippen LogP contribution in [0.4, 0.5) is 0 Å². The number of unbranched alkanes of at least 4 members (excludes halogenated alkanes) is 1. The van der Waals surface area contributed by atoms with Crippen LogP contribution in [-0.2, 0) is 0 Å². The van der Waals surface area contributed by atoms with Gasteiger partial charge in [-0.1, -0.05) is 51.5 Å². The first-order valence-electron chi connectivity index (χ1n) is 4.81. The minimum atomic E-state index is 0.268. The summed E-state index contributed by atoms with van der Waals surface area (Å²) in [6.45, 7) is 12.8. The highest BCUT2D eigenvalue weighted by atomic mass is 14.2. The third-order valence-electron chi connectivity index (χ3n) is 2.41. The molecule has 0 unspecified atom stereocenters. The van der Waals surface area contributed by atoms with E-state index in [0.29, 0.717) is 0 Å². The fourth-order valence-electron chi connectivity index (χ4n) is 0.837. The molecule has 0 atom stereocenters. The van der Waals surface area contributed by atoms with Crippen LogP contribution in [0.3, 0.4) is 0 Å². The molecule has 0 aliphatic heterocycles. The van der Waals surface area contributed by atoms with E-state index >= 15 is 0 Å². The van der Waals surface area contributed by atoms with Gasteiger partial charge in [0, 0.05) is 0 Å². The van der Waals surface area contributed by atoms with E-state index in [9.17, 15) is 0 Å². The van der Waals surface area contributed by atoms with Gasteiger partial charge in [-0.15, -0.1) is 0 Å². The van der Waals surface area contributed by atoms with E-state index in [1.807, 2.05) is 0 Å². The molecule has 0 amide bonds. The molecule has 0 heterocycles. The molecule has 0 rings (SSSR count). The summed E-state index contributed by atoms with van der Waals surface area (Å²) in [7, 11) is 0. The molecule has 0 aromatic heterocycles. The monoisotopic (exact) mass is 166 g/mol. The first kappa shape index (κ1) is 11.5. The van der Waals surface area contributed by atoms with Crippen LogP contribution in [0.1, 0.15) is 47.0 Å². The van der Waals surface area contributed by atoms with Crippen molar-refractivity contribution < 1.29 is 0 Å². The maximum Gasteiger partial charge on any atom is -0.0116 e. The number of rotatable bonds is 5. The average molecular weight is 166 g/mol. The van der Waals surface area contributed by atoms with Crippen LogP contribution in [0.5, 0.6) is 0 Å². The first-order chi connectivity index (χ1) is 5.50. The third kappa shape index (κ3) is 4.38. The van der Waals surface area contributed by atoms with E-state index in [2.05, 4.69) is 46.4 Å². The van der Waals surface area contributed by atoms with Gasteiger partial charge < -0.3 is 0 Å². The summed E-state index contributed by atoms with van der Waals surface area (Å²) in [5, 5.41) is 0. The number of hydrogen-bond acceptors (Lipinski definition) is 0. The van der Waals surface area contributed by atoms with Crippen molar-refractivity contribution in [2.45, 2.75) is 47.0 Å². The van der Waals surface area contributed by atoms with Crippen molar-refractivity contribution in [1.82, 2.24) is 0 Å². The van der Waals surface area contributed by atoms with Gasteiger partial charge in [0.2, 0.25) is 0 Å². The quantitative estimate of drug-likeness (QED) is 0.533. The van der Waals surface area contributed by atoms with Crippen molar-refractivity contribution in [3.8, 4) is 0 Å². The molecule has 0 bridgehead atoms. The molecular weight excluding hydrogens is 144 g/mol. The predicted octanol–water partition coefficient (Wildman–Crippen LogP) is 4.34. The van der Waals surface area contributed by atoms with Gasteiger partial charge in [0.1, 0.15) is 0 Å². The zero-order valence-electron chi connectivity index (χ0n) is 8.98. The van der Waals surface area contributed by atoms with Crippen molar-refractivity contribution in [1.29, 1.82) is 0 Å². The Morgan fingerprint density at radius 3 is 2.33 bits per heavy atom. The van der Waals surface area contributed by atoms with Crippen molar-refractivity contribution in [3.05, 3.63) is 24.3 Å². The third-order valence-corrected chi connectivity index (χ3v) is 2.41. The molecular formula is C12H22. The highest BCUT2D eigenvalue weighted by Crippen LogP contribution is 2.28. The molecule has 0 N–H and O–H groups in total. The van der Waals surface area contributed by atoms with Gasteiger partial charge in [0.05, 0.1) is 0 Å². The Hall–Kier alpha value is -0.520. The van der Waals surface area contributed by atoms with Crippen LogP contribution >= 0.6 is 0 Å². The summed E-state index contributed by atoms with van der Waals surface area (Å²) in [5.74, 6) is 0. The highest BCUT2D eigenvalue weighted by molar-refractivity contribution is 5.06. The van der Waals surface area contributed by atoms with E-state index in [1.54, 1.807) is 0 Å². The zero-order valence-corrected chi connectivity index (χ0v) is 8.98. The predicted molar refractivity (Wildman–Crippen MR) is 57.3 cm³/mol. The van der Waals surface area contributed by atoms with Crippen LogP contribution in [0.15, 0.2) is 24.3 Å². The number of allylic oxidation sites excluding steroid dienone is 3. The van der Waals surface area contributed by atoms with Crippen LogP contribution in [0.2, 0.25) is 0 Å². The molecule has 0 radical (unpaired) electrons. The van der Waals surface area contributed by atoms with Crippen molar-refractivity contribution in [2.24, 2.45) is 5.41 Å². The van der Waals surface area contributed by atoms with Gasteiger partial charge in [-0.25, -0.2) is 0 Å². The van der Waals surface area contributed by atoms with Crippen LogP contribution in [-0.4, -0.2) is 0 Å². The van der Waals surface area contributed by atoms with E-state index in [0.717, 1.165) is 6.42 Å². The number of hydrogen-bond donors (Lipinski definition) is 0. The first-order valence-corrected chi connectivity index (χ1v) is 4.81. The lowest BCUT2D eigenvalue weighted by Crippen LogP contribution is -2.10. The molecule has 0 aromatic carbocycles. The average Bonchev–Trinajstić information content (AvgIpc) is 1.98. The van der Waals surface area contributed by atoms with Gasteiger partial charge in [-0.3, -0.25) is 0 Å². The van der Waals surface area contributed by atoms with E-state index in [1.165, 1.54) is 18.4 Å². The highest BCUT2D eigenvalue weighted by Gasteiger charge is 2.15. The Kier molecular flexibility index (Phi) is 4.96. The lowest BCUT2D eigenvalue weighted by atomic mass is 9.83. The lowest BCUT2D eigenvalue weighted by Gasteiger charge is -2.22. The Balaban J connectivity index is 3.83. The largest absolute Gasteiger partial charge is 0.0996 e. The summed E-state index contributed by atoms with van der Waals surface area (Å²) in [5.41, 5.74) is 1.54. The molecule has 0 aliphatic rings. The van der Waals surface area contributed by atoms with Crippen LogP contribution in [0, 0.1) is 5.41 Å². The standard InChI is InChI=1S/C12H22/c1-6-7-8-9-10-12(4,5)11(2)3/h8-9H,2,6-7,10H2,1,3-5H3. The second-order valence-electron chi connectivity index (χ2n) is 4.13. The Morgan fingerprint density at radius 1 is 1.33 bits per heavy atom. The molecule has 70 valence electrons. The van der Waals surface area contributed by atoms with Crippen LogP contribution in [0.25, 0.3) is 0 Å². The summed E-state index contributed by atoms with van der Waals surface area (Å²) >= 11 is 0. The Bertz CT molecular complexity index is 161. The lowest BCUT2D eigenvalue weighted by molar-refractivity contribution is 0.455. The van der Waals surface area contributed by atoms with Gasteiger partial charge in [0.25, 0.3) is 0 Å². The minimum Gasteiger partial charge on any atom is -0.0996 e. The van der Waals surface area contributed by atoms with E-state index in [4.69, 9.17) is 0 Å².